The molecule has 0 aliphatic rings. The SMILES string of the molecule is CC[C@@H](C)C(=O)N[C@@](O)(C(=O)OC)C(F)(F)F. The number of hydrogen-bond acceptors (Lipinski definition) is 4. The molecule has 5 nitrogen and oxygen atoms in total. The smallest absolute Gasteiger partial charge is 0.448 e. The number of halogens is 3. The molecule has 17 heavy (non-hydrogen) atoms. The average Bonchev–Trinajstić information content (AvgIpc) is 2.24. The van der Waals surface area contributed by atoms with Gasteiger partial charge in [-0.15, -0.1) is 0 Å². The topological polar surface area (TPSA) is 75.6 Å². The molecule has 1 amide bonds. The molecule has 0 aromatic rings. The summed E-state index contributed by atoms with van der Waals surface area (Å²) in [6.45, 7) is 2.94. The summed E-state index contributed by atoms with van der Waals surface area (Å²) in [5.41, 5.74) is -4.01. The van der Waals surface area contributed by atoms with Gasteiger partial charge in [0.2, 0.25) is 5.91 Å². The van der Waals surface area contributed by atoms with Crippen molar-refractivity contribution in [1.82, 2.24) is 5.32 Å². The summed E-state index contributed by atoms with van der Waals surface area (Å²) in [5, 5.41) is 10.5. The van der Waals surface area contributed by atoms with Crippen molar-refractivity contribution in [2.75, 3.05) is 7.11 Å². The Hall–Kier alpha value is -1.31. The zero-order valence-electron chi connectivity index (χ0n) is 9.59. The molecule has 0 rings (SSSR count). The lowest BCUT2D eigenvalue weighted by Gasteiger charge is -2.29. The molecule has 0 aromatic carbocycles. The van der Waals surface area contributed by atoms with E-state index >= 15 is 0 Å². The number of rotatable bonds is 4. The van der Waals surface area contributed by atoms with Gasteiger partial charge in [-0.05, 0) is 6.42 Å². The van der Waals surface area contributed by atoms with Crippen LogP contribution in [0.15, 0.2) is 0 Å². The Morgan fingerprint density at radius 3 is 2.18 bits per heavy atom. The molecule has 0 aliphatic carbocycles. The van der Waals surface area contributed by atoms with Crippen LogP contribution in [0.5, 0.6) is 0 Å². The Morgan fingerprint density at radius 2 is 1.88 bits per heavy atom. The summed E-state index contributed by atoms with van der Waals surface area (Å²) >= 11 is 0. The maximum Gasteiger partial charge on any atom is 0.448 e. The van der Waals surface area contributed by atoms with Crippen molar-refractivity contribution in [2.45, 2.75) is 32.2 Å². The van der Waals surface area contributed by atoms with Crippen molar-refractivity contribution in [2.24, 2.45) is 5.92 Å². The van der Waals surface area contributed by atoms with E-state index in [-0.39, 0.29) is 6.42 Å². The van der Waals surface area contributed by atoms with Crippen LogP contribution in [0.1, 0.15) is 20.3 Å². The summed E-state index contributed by atoms with van der Waals surface area (Å²) in [4.78, 5) is 22.2. The molecule has 0 fully saturated rings. The van der Waals surface area contributed by atoms with Crippen LogP contribution in [0.25, 0.3) is 0 Å². The van der Waals surface area contributed by atoms with Crippen LogP contribution in [0.3, 0.4) is 0 Å². The Bertz CT molecular complexity index is 305. The van der Waals surface area contributed by atoms with E-state index < -0.39 is 29.7 Å². The van der Waals surface area contributed by atoms with E-state index in [4.69, 9.17) is 0 Å². The van der Waals surface area contributed by atoms with Crippen LogP contribution >= 0.6 is 0 Å². The number of carbonyl (C=O) groups is 2. The molecule has 2 atom stereocenters. The monoisotopic (exact) mass is 257 g/mol. The molecule has 0 aromatic heterocycles. The lowest BCUT2D eigenvalue weighted by molar-refractivity contribution is -0.270. The summed E-state index contributed by atoms with van der Waals surface area (Å²) in [6.07, 6.45) is -5.09. The largest absolute Gasteiger partial charge is 0.465 e. The molecule has 0 unspecified atom stereocenters. The van der Waals surface area contributed by atoms with Gasteiger partial charge in [-0.1, -0.05) is 13.8 Å². The maximum absolute atomic E-state index is 12.5. The van der Waals surface area contributed by atoms with E-state index in [0.29, 0.717) is 7.11 Å². The Labute approximate surface area is 95.9 Å². The summed E-state index contributed by atoms with van der Waals surface area (Å²) in [7, 11) is 0.675. The normalized spacial score (nSPS) is 16.9. The predicted molar refractivity (Wildman–Crippen MR) is 50.6 cm³/mol. The number of aliphatic hydroxyl groups is 1. The van der Waals surface area contributed by atoms with E-state index in [2.05, 4.69) is 4.74 Å². The van der Waals surface area contributed by atoms with E-state index in [9.17, 15) is 27.9 Å². The number of methoxy groups -OCH3 is 1. The Balaban J connectivity index is 5.11. The zero-order valence-corrected chi connectivity index (χ0v) is 9.59. The zero-order chi connectivity index (χ0) is 13.9. The third-order valence-electron chi connectivity index (χ3n) is 2.26. The van der Waals surface area contributed by atoms with Crippen LogP contribution in [0.2, 0.25) is 0 Å². The van der Waals surface area contributed by atoms with Gasteiger partial charge in [0.25, 0.3) is 0 Å². The molecule has 0 bridgehead atoms. The lowest BCUT2D eigenvalue weighted by Crippen LogP contribution is -2.65. The second-order valence-corrected chi connectivity index (χ2v) is 3.50. The molecule has 0 aliphatic heterocycles. The number of esters is 1. The fourth-order valence-electron chi connectivity index (χ4n) is 0.872. The molecule has 100 valence electrons. The predicted octanol–water partition coefficient (Wildman–Crippen LogP) is 0.573. The van der Waals surface area contributed by atoms with Gasteiger partial charge in [0, 0.05) is 5.92 Å². The quantitative estimate of drug-likeness (QED) is 0.570. The molecular formula is C9H14F3NO4. The van der Waals surface area contributed by atoms with Crippen molar-refractivity contribution < 1.29 is 32.6 Å². The van der Waals surface area contributed by atoms with Gasteiger partial charge < -0.3 is 15.2 Å². The highest BCUT2D eigenvalue weighted by Crippen LogP contribution is 2.29. The van der Waals surface area contributed by atoms with Crippen LogP contribution in [0, 0.1) is 5.92 Å². The summed E-state index contributed by atoms with van der Waals surface area (Å²) in [5.74, 6) is -3.84. The second kappa shape index (κ2) is 5.35. The third kappa shape index (κ3) is 3.32. The van der Waals surface area contributed by atoms with Gasteiger partial charge >= 0.3 is 17.9 Å². The van der Waals surface area contributed by atoms with E-state index in [1.54, 1.807) is 6.92 Å². The molecule has 0 spiro atoms. The van der Waals surface area contributed by atoms with Crippen LogP contribution in [0.4, 0.5) is 13.2 Å². The minimum Gasteiger partial charge on any atom is -0.465 e. The van der Waals surface area contributed by atoms with Crippen molar-refractivity contribution in [1.29, 1.82) is 0 Å². The number of amides is 1. The van der Waals surface area contributed by atoms with Gasteiger partial charge in [0.15, 0.2) is 0 Å². The average molecular weight is 257 g/mol. The van der Waals surface area contributed by atoms with Gasteiger partial charge in [-0.25, -0.2) is 4.79 Å². The molecule has 2 N–H and O–H groups in total. The number of alkyl halides is 3. The van der Waals surface area contributed by atoms with E-state index in [1.807, 2.05) is 0 Å². The van der Waals surface area contributed by atoms with Crippen molar-refractivity contribution in [3.8, 4) is 0 Å². The first-order valence-electron chi connectivity index (χ1n) is 4.79. The standard InChI is InChI=1S/C9H14F3NO4/c1-4-5(2)6(14)13-8(16,7(15)17-3)9(10,11)12/h5,16H,4H2,1-3H3,(H,13,14)/t5-,8-/m1/s1. The highest BCUT2D eigenvalue weighted by Gasteiger charge is 2.62. The fourth-order valence-corrected chi connectivity index (χ4v) is 0.872. The van der Waals surface area contributed by atoms with Gasteiger partial charge in [0.1, 0.15) is 0 Å². The third-order valence-corrected chi connectivity index (χ3v) is 2.26. The van der Waals surface area contributed by atoms with E-state index in [0.717, 1.165) is 0 Å². The first-order chi connectivity index (χ1) is 7.60. The van der Waals surface area contributed by atoms with Gasteiger partial charge in [0.05, 0.1) is 7.11 Å². The molecule has 0 saturated heterocycles. The molecule has 8 heteroatoms. The summed E-state index contributed by atoms with van der Waals surface area (Å²) in [6, 6.07) is 0. The van der Waals surface area contributed by atoms with Crippen LogP contribution in [-0.4, -0.2) is 36.0 Å². The van der Waals surface area contributed by atoms with Crippen molar-refractivity contribution in [3.05, 3.63) is 0 Å². The van der Waals surface area contributed by atoms with Gasteiger partial charge in [-0.2, -0.15) is 13.2 Å². The fraction of sp³-hybridized carbons (Fsp3) is 0.778. The number of nitrogens with one attached hydrogen (secondary N) is 1. The van der Waals surface area contributed by atoms with Gasteiger partial charge in [-0.3, -0.25) is 4.79 Å². The minimum atomic E-state index is -5.36. The lowest BCUT2D eigenvalue weighted by atomic mass is 10.1. The number of carbonyl (C=O) groups excluding carboxylic acids is 2. The van der Waals surface area contributed by atoms with Crippen molar-refractivity contribution in [3.63, 3.8) is 0 Å². The van der Waals surface area contributed by atoms with Crippen LogP contribution < -0.4 is 5.32 Å². The highest BCUT2D eigenvalue weighted by molar-refractivity contribution is 5.88. The maximum atomic E-state index is 12.5. The molecule has 0 saturated carbocycles. The van der Waals surface area contributed by atoms with Crippen LogP contribution in [-0.2, 0) is 14.3 Å². The molecular weight excluding hydrogens is 243 g/mol. The first-order valence-corrected chi connectivity index (χ1v) is 4.79. The highest BCUT2D eigenvalue weighted by atomic mass is 19.4. The summed E-state index contributed by atoms with van der Waals surface area (Å²) < 4.78 is 41.3. The number of hydrogen-bond donors (Lipinski definition) is 2. The first kappa shape index (κ1) is 15.7. The number of ether oxygens (including phenoxy) is 1. The Morgan fingerprint density at radius 1 is 1.41 bits per heavy atom. The second-order valence-electron chi connectivity index (χ2n) is 3.50. The molecule has 0 heterocycles. The Kier molecular flexibility index (Phi) is 4.94. The molecule has 0 radical (unpaired) electrons. The minimum absolute atomic E-state index is 0.265. The van der Waals surface area contributed by atoms with Crippen molar-refractivity contribution >= 4 is 11.9 Å². The van der Waals surface area contributed by atoms with E-state index in [1.165, 1.54) is 12.2 Å².